The van der Waals surface area contributed by atoms with Gasteiger partial charge in [-0.25, -0.2) is 8.78 Å². The normalized spacial score (nSPS) is 13.5. The van der Waals surface area contributed by atoms with Crippen molar-refractivity contribution in [2.24, 2.45) is 0 Å². The third kappa shape index (κ3) is 4.35. The summed E-state index contributed by atoms with van der Waals surface area (Å²) in [5.74, 6) is -0.874. The van der Waals surface area contributed by atoms with Crippen molar-refractivity contribution in [2.75, 3.05) is 36.5 Å². The summed E-state index contributed by atoms with van der Waals surface area (Å²) in [5.41, 5.74) is 0.335. The van der Waals surface area contributed by atoms with Crippen molar-refractivity contribution < 1.29 is 23.0 Å². The molecule has 7 heteroatoms. The smallest absolute Gasteiger partial charge is 0.255 e. The molecule has 5 nitrogen and oxygen atoms in total. The lowest BCUT2D eigenvalue weighted by molar-refractivity contribution is 0.102. The van der Waals surface area contributed by atoms with Gasteiger partial charge in [0.2, 0.25) is 0 Å². The largest absolute Gasteiger partial charge is 0.490 e. The van der Waals surface area contributed by atoms with Crippen LogP contribution in [0.2, 0.25) is 0 Å². The quantitative estimate of drug-likeness (QED) is 0.750. The van der Waals surface area contributed by atoms with Crippen molar-refractivity contribution in [3.63, 3.8) is 0 Å². The molecule has 1 amide bonds. The van der Waals surface area contributed by atoms with Gasteiger partial charge in [0, 0.05) is 24.3 Å². The Bertz CT molecular complexity index is 829. The number of nitrogens with zero attached hydrogens (tertiary/aromatic N) is 1. The molecule has 150 valence electrons. The number of carbonyl (C=O) groups is 1. The molecular formula is C21H24F2N2O3. The molecule has 1 fully saturated rings. The van der Waals surface area contributed by atoms with E-state index in [2.05, 4.69) is 5.32 Å². The Labute approximate surface area is 163 Å². The number of rotatable bonds is 7. The Morgan fingerprint density at radius 2 is 1.61 bits per heavy atom. The average molecular weight is 390 g/mol. The summed E-state index contributed by atoms with van der Waals surface area (Å²) in [6.07, 6.45) is 1.83. The second-order valence-electron chi connectivity index (χ2n) is 6.46. The standard InChI is InChI=1S/C21H24F2N2O3/c1-3-27-18-8-7-14(11-19(18)28-4-2)21(26)24-15-12-16(22)20(17(23)13-15)25-9-5-6-10-25/h7-8,11-13H,3-6,9-10H2,1-2H3,(H,24,26). The molecule has 0 saturated carbocycles. The maximum atomic E-state index is 14.4. The zero-order valence-corrected chi connectivity index (χ0v) is 16.1. The zero-order valence-electron chi connectivity index (χ0n) is 16.1. The van der Waals surface area contributed by atoms with Crippen LogP contribution in [0.3, 0.4) is 0 Å². The maximum Gasteiger partial charge on any atom is 0.255 e. The fraction of sp³-hybridized carbons (Fsp3) is 0.381. The van der Waals surface area contributed by atoms with Crippen molar-refractivity contribution in [1.29, 1.82) is 0 Å². The molecule has 2 aromatic rings. The Hall–Kier alpha value is -2.83. The van der Waals surface area contributed by atoms with E-state index in [1.165, 1.54) is 0 Å². The second kappa shape index (κ2) is 8.91. The molecule has 1 aliphatic heterocycles. The first kappa shape index (κ1) is 19.9. The summed E-state index contributed by atoms with van der Waals surface area (Å²) < 4.78 is 39.9. The highest BCUT2D eigenvalue weighted by Crippen LogP contribution is 2.31. The number of amides is 1. The van der Waals surface area contributed by atoms with Crippen molar-refractivity contribution >= 4 is 17.3 Å². The molecule has 3 rings (SSSR count). The number of hydrogen-bond donors (Lipinski definition) is 1. The predicted molar refractivity (Wildman–Crippen MR) is 105 cm³/mol. The van der Waals surface area contributed by atoms with Crippen LogP contribution in [0.4, 0.5) is 20.2 Å². The van der Waals surface area contributed by atoms with E-state index in [9.17, 15) is 13.6 Å². The Morgan fingerprint density at radius 1 is 1.00 bits per heavy atom. The van der Waals surface area contributed by atoms with E-state index in [4.69, 9.17) is 9.47 Å². The first-order chi connectivity index (χ1) is 13.5. The third-order valence-corrected chi connectivity index (χ3v) is 4.50. The zero-order chi connectivity index (χ0) is 20.1. The molecule has 28 heavy (non-hydrogen) atoms. The monoisotopic (exact) mass is 390 g/mol. The van der Waals surface area contributed by atoms with E-state index in [1.54, 1.807) is 23.1 Å². The first-order valence-electron chi connectivity index (χ1n) is 9.48. The molecule has 0 aliphatic carbocycles. The van der Waals surface area contributed by atoms with Gasteiger partial charge in [0.1, 0.15) is 5.69 Å². The molecule has 0 aromatic heterocycles. The van der Waals surface area contributed by atoms with Crippen LogP contribution >= 0.6 is 0 Å². The lowest BCUT2D eigenvalue weighted by Crippen LogP contribution is -2.21. The Kier molecular flexibility index (Phi) is 6.34. The topological polar surface area (TPSA) is 50.8 Å². The molecule has 1 N–H and O–H groups in total. The number of benzene rings is 2. The van der Waals surface area contributed by atoms with Crippen LogP contribution in [0.5, 0.6) is 11.5 Å². The number of nitrogens with one attached hydrogen (secondary N) is 1. The van der Waals surface area contributed by atoms with Gasteiger partial charge in [-0.2, -0.15) is 0 Å². The Balaban J connectivity index is 1.80. The summed E-state index contributed by atoms with van der Waals surface area (Å²) in [4.78, 5) is 14.2. The van der Waals surface area contributed by atoms with E-state index >= 15 is 0 Å². The van der Waals surface area contributed by atoms with Gasteiger partial charge >= 0.3 is 0 Å². The lowest BCUT2D eigenvalue weighted by Gasteiger charge is -2.20. The first-order valence-corrected chi connectivity index (χ1v) is 9.48. The van der Waals surface area contributed by atoms with Gasteiger partial charge in [-0.1, -0.05) is 0 Å². The van der Waals surface area contributed by atoms with Crippen LogP contribution in [0, 0.1) is 11.6 Å². The minimum atomic E-state index is -0.682. The van der Waals surface area contributed by atoms with Crippen LogP contribution < -0.4 is 19.7 Å². The van der Waals surface area contributed by atoms with Gasteiger partial charge in [-0.05, 0) is 57.0 Å². The molecule has 0 radical (unpaired) electrons. The summed E-state index contributed by atoms with van der Waals surface area (Å²) in [6, 6.07) is 7.06. The second-order valence-corrected chi connectivity index (χ2v) is 6.46. The average Bonchev–Trinajstić information content (AvgIpc) is 3.17. The van der Waals surface area contributed by atoms with E-state index in [0.29, 0.717) is 43.4 Å². The summed E-state index contributed by atoms with van der Waals surface area (Å²) in [7, 11) is 0. The minimum absolute atomic E-state index is 0.0322. The van der Waals surface area contributed by atoms with Gasteiger partial charge in [0.25, 0.3) is 5.91 Å². The molecule has 1 aliphatic rings. The molecule has 0 spiro atoms. The Morgan fingerprint density at radius 3 is 2.21 bits per heavy atom. The number of halogens is 2. The van der Waals surface area contributed by atoms with Crippen LogP contribution in [0.15, 0.2) is 30.3 Å². The van der Waals surface area contributed by atoms with Gasteiger partial charge in [0.15, 0.2) is 23.1 Å². The van der Waals surface area contributed by atoms with Gasteiger partial charge in [0.05, 0.1) is 13.2 Å². The van der Waals surface area contributed by atoms with Crippen LogP contribution in [0.25, 0.3) is 0 Å². The van der Waals surface area contributed by atoms with Gasteiger partial charge < -0.3 is 19.7 Å². The maximum absolute atomic E-state index is 14.4. The molecule has 1 heterocycles. The fourth-order valence-corrected chi connectivity index (χ4v) is 3.28. The van der Waals surface area contributed by atoms with E-state index < -0.39 is 17.5 Å². The summed E-state index contributed by atoms with van der Waals surface area (Å²) >= 11 is 0. The number of hydrogen-bond acceptors (Lipinski definition) is 4. The molecule has 0 atom stereocenters. The fourth-order valence-electron chi connectivity index (χ4n) is 3.28. The minimum Gasteiger partial charge on any atom is -0.490 e. The van der Waals surface area contributed by atoms with E-state index in [-0.39, 0.29) is 11.4 Å². The van der Waals surface area contributed by atoms with Crippen LogP contribution in [0.1, 0.15) is 37.0 Å². The number of ether oxygens (including phenoxy) is 2. The molecular weight excluding hydrogens is 366 g/mol. The highest BCUT2D eigenvalue weighted by atomic mass is 19.1. The van der Waals surface area contributed by atoms with E-state index in [0.717, 1.165) is 25.0 Å². The predicted octanol–water partition coefficient (Wildman–Crippen LogP) is 4.61. The van der Waals surface area contributed by atoms with Crippen molar-refractivity contribution in [2.45, 2.75) is 26.7 Å². The summed E-state index contributed by atoms with van der Waals surface area (Å²) in [5, 5.41) is 2.54. The third-order valence-electron chi connectivity index (χ3n) is 4.50. The van der Waals surface area contributed by atoms with Crippen LogP contribution in [-0.4, -0.2) is 32.2 Å². The molecule has 0 unspecified atom stereocenters. The van der Waals surface area contributed by atoms with Crippen molar-refractivity contribution in [3.8, 4) is 11.5 Å². The molecule has 0 bridgehead atoms. The van der Waals surface area contributed by atoms with Gasteiger partial charge in [-0.15, -0.1) is 0 Å². The number of carbonyl (C=O) groups excluding carboxylic acids is 1. The SMILES string of the molecule is CCOc1ccc(C(=O)Nc2cc(F)c(N3CCCC3)c(F)c2)cc1OCC. The van der Waals surface area contributed by atoms with Crippen molar-refractivity contribution in [3.05, 3.63) is 47.5 Å². The molecule has 2 aromatic carbocycles. The van der Waals surface area contributed by atoms with E-state index in [1.807, 2.05) is 13.8 Å². The lowest BCUT2D eigenvalue weighted by atomic mass is 10.1. The molecule has 1 saturated heterocycles. The number of anilines is 2. The highest BCUT2D eigenvalue weighted by Gasteiger charge is 2.21. The van der Waals surface area contributed by atoms with Crippen molar-refractivity contribution in [1.82, 2.24) is 0 Å². The highest BCUT2D eigenvalue weighted by molar-refractivity contribution is 6.04. The van der Waals surface area contributed by atoms with Crippen LogP contribution in [-0.2, 0) is 0 Å². The summed E-state index contributed by atoms with van der Waals surface area (Å²) in [6.45, 7) is 5.83. The van der Waals surface area contributed by atoms with Gasteiger partial charge in [-0.3, -0.25) is 4.79 Å².